The minimum Gasteiger partial charge on any atom is -0.463 e. The maximum absolute atomic E-state index is 14.0. The summed E-state index contributed by atoms with van der Waals surface area (Å²) in [5.41, 5.74) is 9.42. The quantitative estimate of drug-likeness (QED) is 0.330. The summed E-state index contributed by atoms with van der Waals surface area (Å²) in [7, 11) is 0. The van der Waals surface area contributed by atoms with E-state index in [2.05, 4.69) is 56.5 Å². The van der Waals surface area contributed by atoms with Crippen molar-refractivity contribution in [3.63, 3.8) is 0 Å². The Labute approximate surface area is 232 Å². The van der Waals surface area contributed by atoms with Gasteiger partial charge in [-0.15, -0.1) is 0 Å². The highest BCUT2D eigenvalue weighted by atomic mass is 32.1. The van der Waals surface area contributed by atoms with E-state index < -0.39 is 12.0 Å². The Bertz CT molecular complexity index is 1820. The van der Waals surface area contributed by atoms with Crippen LogP contribution in [-0.4, -0.2) is 21.7 Å². The second kappa shape index (κ2) is 10.3. The summed E-state index contributed by atoms with van der Waals surface area (Å²) in [5.74, 6) is -0.449. The standard InChI is InChI=1S/C32H33N3O3S/c1-8-38-31(37)28-22(6)33-32-35(29(28)24-12-9-18(2)10-13-24)30(36)27(39-32)17-25-16-21(5)34(23(25)7)26-14-11-19(3)15-20(26)4/h9-17,29H,8H2,1-7H3/b27-17+/t29-/m1/s1. The van der Waals surface area contributed by atoms with E-state index in [0.717, 1.165) is 33.8 Å². The number of thiazole rings is 1. The van der Waals surface area contributed by atoms with Gasteiger partial charge in [0, 0.05) is 17.1 Å². The van der Waals surface area contributed by atoms with Gasteiger partial charge in [-0.05, 0) is 83.4 Å². The molecule has 1 atom stereocenters. The molecule has 4 aromatic rings. The minimum atomic E-state index is -0.606. The molecule has 2 aromatic heterocycles. The molecule has 2 aromatic carbocycles. The smallest absolute Gasteiger partial charge is 0.338 e. The van der Waals surface area contributed by atoms with Crippen LogP contribution in [0.3, 0.4) is 0 Å². The molecule has 3 heterocycles. The van der Waals surface area contributed by atoms with E-state index in [4.69, 9.17) is 9.73 Å². The number of nitrogens with zero attached hydrogens (tertiary/aromatic N) is 3. The third-order valence-corrected chi connectivity index (χ3v) is 8.24. The molecule has 1 aliphatic heterocycles. The van der Waals surface area contributed by atoms with Gasteiger partial charge in [0.05, 0.1) is 28.5 Å². The Hall–Kier alpha value is -3.97. The van der Waals surface area contributed by atoms with Gasteiger partial charge in [-0.1, -0.05) is 58.9 Å². The Morgan fingerprint density at radius 3 is 2.36 bits per heavy atom. The number of benzene rings is 2. The van der Waals surface area contributed by atoms with Gasteiger partial charge in [0.15, 0.2) is 4.80 Å². The lowest BCUT2D eigenvalue weighted by molar-refractivity contribution is -0.139. The molecule has 0 radical (unpaired) electrons. The molecule has 0 fully saturated rings. The molecule has 1 aliphatic rings. The van der Waals surface area contributed by atoms with Crippen LogP contribution in [0.2, 0.25) is 0 Å². The molecule has 200 valence electrons. The van der Waals surface area contributed by atoms with Crippen LogP contribution in [0.4, 0.5) is 0 Å². The Kier molecular flexibility index (Phi) is 7.03. The van der Waals surface area contributed by atoms with Crippen molar-refractivity contribution in [1.82, 2.24) is 9.13 Å². The third-order valence-electron chi connectivity index (χ3n) is 7.26. The van der Waals surface area contributed by atoms with E-state index in [1.807, 2.05) is 44.2 Å². The van der Waals surface area contributed by atoms with Crippen molar-refractivity contribution in [3.8, 4) is 5.69 Å². The number of ether oxygens (including phenoxy) is 1. The van der Waals surface area contributed by atoms with Gasteiger partial charge in [0.1, 0.15) is 0 Å². The van der Waals surface area contributed by atoms with Crippen LogP contribution in [0.25, 0.3) is 11.8 Å². The predicted molar refractivity (Wildman–Crippen MR) is 156 cm³/mol. The molecule has 0 saturated carbocycles. The molecule has 7 heteroatoms. The molecule has 0 unspecified atom stereocenters. The van der Waals surface area contributed by atoms with E-state index in [1.54, 1.807) is 11.5 Å². The highest BCUT2D eigenvalue weighted by molar-refractivity contribution is 7.07. The Morgan fingerprint density at radius 1 is 1.00 bits per heavy atom. The number of carbonyl (C=O) groups excluding carboxylic acids is 1. The van der Waals surface area contributed by atoms with Gasteiger partial charge in [-0.2, -0.15) is 0 Å². The SMILES string of the molecule is CCOC(=O)C1=C(C)N=c2s/c(=C/c3cc(C)n(-c4ccc(C)cc4C)c3C)c(=O)n2[C@@H]1c1ccc(C)cc1. The van der Waals surface area contributed by atoms with Crippen molar-refractivity contribution in [2.24, 2.45) is 4.99 Å². The van der Waals surface area contributed by atoms with Crippen molar-refractivity contribution in [3.05, 3.63) is 119 Å². The van der Waals surface area contributed by atoms with Crippen LogP contribution >= 0.6 is 11.3 Å². The lowest BCUT2D eigenvalue weighted by Crippen LogP contribution is -2.39. The predicted octanol–water partition coefficient (Wildman–Crippen LogP) is 5.13. The summed E-state index contributed by atoms with van der Waals surface area (Å²) in [6.45, 7) is 14.2. The first-order chi connectivity index (χ1) is 18.6. The van der Waals surface area contributed by atoms with Crippen LogP contribution in [0.1, 0.15) is 59.1 Å². The number of hydrogen-bond acceptors (Lipinski definition) is 5. The largest absolute Gasteiger partial charge is 0.463 e. The molecule has 0 saturated heterocycles. The lowest BCUT2D eigenvalue weighted by atomic mass is 9.95. The highest BCUT2D eigenvalue weighted by Crippen LogP contribution is 2.31. The van der Waals surface area contributed by atoms with Gasteiger partial charge >= 0.3 is 5.97 Å². The number of carbonyl (C=O) groups is 1. The molecular weight excluding hydrogens is 506 g/mol. The Balaban J connectivity index is 1.69. The fraction of sp³-hybridized carbons (Fsp3) is 0.281. The summed E-state index contributed by atoms with van der Waals surface area (Å²) in [6, 6.07) is 15.9. The van der Waals surface area contributed by atoms with Gasteiger partial charge in [0.2, 0.25) is 0 Å². The van der Waals surface area contributed by atoms with Crippen molar-refractivity contribution in [1.29, 1.82) is 0 Å². The summed E-state index contributed by atoms with van der Waals surface area (Å²) in [4.78, 5) is 32.3. The number of aromatic nitrogens is 2. The average Bonchev–Trinajstić information content (AvgIpc) is 3.33. The lowest BCUT2D eigenvalue weighted by Gasteiger charge is -2.24. The van der Waals surface area contributed by atoms with Crippen molar-refractivity contribution in [2.75, 3.05) is 6.61 Å². The normalized spacial score (nSPS) is 15.4. The molecule has 0 spiro atoms. The van der Waals surface area contributed by atoms with E-state index in [-0.39, 0.29) is 12.2 Å². The zero-order valence-corrected chi connectivity index (χ0v) is 24.3. The van der Waals surface area contributed by atoms with Crippen molar-refractivity contribution >= 4 is 23.4 Å². The molecule has 5 rings (SSSR count). The number of aryl methyl sites for hydroxylation is 4. The van der Waals surface area contributed by atoms with Crippen molar-refractivity contribution in [2.45, 2.75) is 54.5 Å². The summed E-state index contributed by atoms with van der Waals surface area (Å²) >= 11 is 1.35. The van der Waals surface area contributed by atoms with E-state index in [1.165, 1.54) is 22.5 Å². The van der Waals surface area contributed by atoms with Crippen LogP contribution in [0.15, 0.2) is 69.6 Å². The van der Waals surface area contributed by atoms with Crippen LogP contribution in [-0.2, 0) is 9.53 Å². The third kappa shape index (κ3) is 4.72. The average molecular weight is 540 g/mol. The molecule has 0 N–H and O–H groups in total. The van der Waals surface area contributed by atoms with Crippen LogP contribution < -0.4 is 14.9 Å². The first-order valence-corrected chi connectivity index (χ1v) is 13.9. The molecule has 6 nitrogen and oxygen atoms in total. The number of fused-ring (bicyclic) bond motifs is 1. The van der Waals surface area contributed by atoms with E-state index in [9.17, 15) is 9.59 Å². The first-order valence-electron chi connectivity index (χ1n) is 13.1. The maximum Gasteiger partial charge on any atom is 0.338 e. The number of allylic oxidation sites excluding steroid dienone is 1. The zero-order chi connectivity index (χ0) is 28.0. The van der Waals surface area contributed by atoms with Crippen LogP contribution in [0.5, 0.6) is 0 Å². The monoisotopic (exact) mass is 539 g/mol. The first kappa shape index (κ1) is 26.6. The summed E-state index contributed by atoms with van der Waals surface area (Å²) in [5, 5.41) is 0. The second-order valence-corrected chi connectivity index (χ2v) is 11.2. The van der Waals surface area contributed by atoms with Gasteiger partial charge in [-0.3, -0.25) is 9.36 Å². The van der Waals surface area contributed by atoms with Gasteiger partial charge in [0.25, 0.3) is 5.56 Å². The molecule has 0 aliphatic carbocycles. The fourth-order valence-electron chi connectivity index (χ4n) is 5.36. The molecule has 0 amide bonds. The molecular formula is C32H33N3O3S. The summed E-state index contributed by atoms with van der Waals surface area (Å²) < 4.78 is 9.84. The number of rotatable bonds is 5. The van der Waals surface area contributed by atoms with Gasteiger partial charge in [-0.25, -0.2) is 9.79 Å². The molecule has 39 heavy (non-hydrogen) atoms. The van der Waals surface area contributed by atoms with E-state index >= 15 is 0 Å². The van der Waals surface area contributed by atoms with E-state index in [0.29, 0.717) is 20.6 Å². The second-order valence-electron chi connectivity index (χ2n) is 10.2. The number of esters is 1. The summed E-state index contributed by atoms with van der Waals surface area (Å²) in [6.07, 6.45) is 1.95. The minimum absolute atomic E-state index is 0.171. The van der Waals surface area contributed by atoms with Crippen molar-refractivity contribution < 1.29 is 9.53 Å². The van der Waals surface area contributed by atoms with Crippen LogP contribution in [0, 0.1) is 34.6 Å². The topological polar surface area (TPSA) is 65.6 Å². The maximum atomic E-state index is 14.0. The fourth-order valence-corrected chi connectivity index (χ4v) is 6.40. The molecule has 0 bridgehead atoms. The Morgan fingerprint density at radius 2 is 1.69 bits per heavy atom. The highest BCUT2D eigenvalue weighted by Gasteiger charge is 2.33. The van der Waals surface area contributed by atoms with Gasteiger partial charge < -0.3 is 9.30 Å². The number of hydrogen-bond donors (Lipinski definition) is 0. The zero-order valence-electron chi connectivity index (χ0n) is 23.5.